The molecule has 0 heterocycles. The van der Waals surface area contributed by atoms with Gasteiger partial charge < -0.3 is 14.4 Å². The van der Waals surface area contributed by atoms with E-state index in [9.17, 15) is 0 Å². The maximum atomic E-state index is 3.90. The van der Waals surface area contributed by atoms with Gasteiger partial charge in [0.15, 0.2) is 0 Å². The summed E-state index contributed by atoms with van der Waals surface area (Å²) in [5.74, 6) is 2.71. The Morgan fingerprint density at radius 2 is 1.44 bits per heavy atom. The first-order chi connectivity index (χ1) is 6.60. The maximum absolute atomic E-state index is 3.90. The van der Waals surface area contributed by atoms with E-state index in [4.69, 9.17) is 0 Å². The van der Waals surface area contributed by atoms with Crippen LogP contribution in [0.5, 0.6) is 0 Å². The molecule has 3 atom stereocenters. The van der Waals surface area contributed by atoms with Crippen molar-refractivity contribution in [2.75, 3.05) is 0 Å². The normalized spacial score (nSPS) is 15.6. The van der Waals surface area contributed by atoms with Crippen molar-refractivity contribution >= 4 is 0 Å². The van der Waals surface area contributed by atoms with Gasteiger partial charge in [-0.1, -0.05) is 47.0 Å². The summed E-state index contributed by atoms with van der Waals surface area (Å²) in [6, 6.07) is 0. The number of unbranched alkanes of at least 4 members (excludes halogenated alkanes) is 1. The van der Waals surface area contributed by atoms with Crippen LogP contribution in [0.3, 0.4) is 0 Å². The van der Waals surface area contributed by atoms with Crippen LogP contribution >= 0.6 is 0 Å². The van der Waals surface area contributed by atoms with E-state index in [1.165, 1.54) is 32.1 Å². The van der Waals surface area contributed by atoms with Gasteiger partial charge in [0, 0.05) is 32.7 Å². The van der Waals surface area contributed by atoms with Crippen LogP contribution in [-0.4, -0.2) is 0 Å². The maximum Gasteiger partial charge on any atom is 0 e. The van der Waals surface area contributed by atoms with E-state index in [1.807, 2.05) is 0 Å². The van der Waals surface area contributed by atoms with Gasteiger partial charge in [0.05, 0.1) is 0 Å². The third-order valence-corrected chi connectivity index (χ3v) is 3.25. The summed E-state index contributed by atoms with van der Waals surface area (Å²) in [5.41, 5.74) is 0. The molecule has 0 amide bonds. The fraction of sp³-hybridized carbons (Fsp3) is 0.867. The van der Waals surface area contributed by atoms with Gasteiger partial charge in [-0.3, -0.25) is 0 Å². The smallest absolute Gasteiger partial charge is 0 e. The third kappa shape index (κ3) is 13.2. The molecular formula is C15H32Y-2. The number of hydrogen-bond acceptors (Lipinski definition) is 0. The fourth-order valence-corrected chi connectivity index (χ4v) is 2.25. The Morgan fingerprint density at radius 1 is 0.938 bits per heavy atom. The molecule has 16 heavy (non-hydrogen) atoms. The van der Waals surface area contributed by atoms with E-state index in [1.54, 1.807) is 0 Å². The van der Waals surface area contributed by atoms with E-state index < -0.39 is 0 Å². The van der Waals surface area contributed by atoms with Crippen molar-refractivity contribution < 1.29 is 32.7 Å². The average Bonchev–Trinajstić information content (AvgIpc) is 2.14. The molecule has 0 aliphatic rings. The summed E-state index contributed by atoms with van der Waals surface area (Å²) in [6.07, 6.45) is 7.92. The van der Waals surface area contributed by atoms with Crippen LogP contribution in [0.25, 0.3) is 0 Å². The monoisotopic (exact) mass is 301 g/mol. The van der Waals surface area contributed by atoms with E-state index in [2.05, 4.69) is 34.6 Å². The van der Waals surface area contributed by atoms with E-state index in [-0.39, 0.29) is 40.1 Å². The second-order valence-corrected chi connectivity index (χ2v) is 5.19. The van der Waals surface area contributed by atoms with Crippen LogP contribution in [0.4, 0.5) is 0 Å². The summed E-state index contributed by atoms with van der Waals surface area (Å²) < 4.78 is 0. The van der Waals surface area contributed by atoms with Gasteiger partial charge in [0.25, 0.3) is 0 Å². The molecule has 0 aromatic carbocycles. The van der Waals surface area contributed by atoms with Crippen LogP contribution in [-0.2, 0) is 32.7 Å². The van der Waals surface area contributed by atoms with Gasteiger partial charge in [-0.25, -0.2) is 0 Å². The average molecular weight is 301 g/mol. The van der Waals surface area contributed by atoms with E-state index in [0.29, 0.717) is 0 Å². The summed E-state index contributed by atoms with van der Waals surface area (Å²) >= 11 is 0. The molecule has 1 radical (unpaired) electrons. The van der Waals surface area contributed by atoms with Crippen LogP contribution in [0.15, 0.2) is 0 Å². The Morgan fingerprint density at radius 3 is 1.88 bits per heavy atom. The second kappa shape index (κ2) is 14.2. The first-order valence-electron chi connectivity index (χ1n) is 6.39. The van der Waals surface area contributed by atoms with Crippen LogP contribution in [0.2, 0.25) is 0 Å². The fourth-order valence-electron chi connectivity index (χ4n) is 2.25. The van der Waals surface area contributed by atoms with E-state index >= 15 is 0 Å². The molecule has 0 nitrogen and oxygen atoms in total. The summed E-state index contributed by atoms with van der Waals surface area (Å²) in [5, 5.41) is 0. The topological polar surface area (TPSA) is 0 Å². The van der Waals surface area contributed by atoms with Gasteiger partial charge in [0.1, 0.15) is 0 Å². The molecule has 0 aromatic rings. The van der Waals surface area contributed by atoms with Crippen molar-refractivity contribution in [1.29, 1.82) is 0 Å². The minimum Gasteiger partial charge on any atom is -0.358 e. The quantitative estimate of drug-likeness (QED) is 0.517. The van der Waals surface area contributed by atoms with Gasteiger partial charge in [-0.05, 0) is 30.6 Å². The zero-order valence-corrected chi connectivity index (χ0v) is 15.1. The summed E-state index contributed by atoms with van der Waals surface area (Å²) in [7, 11) is 0. The van der Waals surface area contributed by atoms with Crippen LogP contribution in [0, 0.1) is 32.1 Å². The minimum atomic E-state index is 0. The Balaban J connectivity index is -0.000000845. The molecule has 0 fully saturated rings. The van der Waals surface area contributed by atoms with Crippen LogP contribution < -0.4 is 0 Å². The molecule has 0 spiro atoms. The molecule has 0 rings (SSSR count). The van der Waals surface area contributed by atoms with Gasteiger partial charge in [0.2, 0.25) is 0 Å². The molecule has 1 heteroatoms. The van der Waals surface area contributed by atoms with Gasteiger partial charge in [-0.15, -0.1) is 0 Å². The SMILES string of the molecule is [CH2-]CCCC(C)CC(C)CC(C)CC.[CH3-].[Y]. The van der Waals surface area contributed by atoms with Crippen molar-refractivity contribution in [3.8, 4) is 0 Å². The van der Waals surface area contributed by atoms with Crippen molar-refractivity contribution in [2.24, 2.45) is 17.8 Å². The predicted molar refractivity (Wildman–Crippen MR) is 72.6 cm³/mol. The predicted octanol–water partition coefficient (Wildman–Crippen LogP) is 5.54. The first kappa shape index (κ1) is 22.3. The largest absolute Gasteiger partial charge is 0.358 e. The van der Waals surface area contributed by atoms with Crippen molar-refractivity contribution in [3.63, 3.8) is 0 Å². The molecule has 0 N–H and O–H groups in total. The Hall–Kier alpha value is 1.10. The molecule has 0 saturated carbocycles. The minimum absolute atomic E-state index is 0. The molecular weight excluding hydrogens is 269 g/mol. The van der Waals surface area contributed by atoms with Crippen molar-refractivity contribution in [3.05, 3.63) is 14.4 Å². The zero-order chi connectivity index (χ0) is 11.0. The zero-order valence-electron chi connectivity index (χ0n) is 12.3. The van der Waals surface area contributed by atoms with Gasteiger partial charge >= 0.3 is 0 Å². The van der Waals surface area contributed by atoms with E-state index in [0.717, 1.165) is 24.2 Å². The molecule has 0 aliphatic carbocycles. The Kier molecular flexibility index (Phi) is 19.7. The molecule has 0 aromatic heterocycles. The first-order valence-corrected chi connectivity index (χ1v) is 6.39. The van der Waals surface area contributed by atoms with Crippen molar-refractivity contribution in [1.82, 2.24) is 0 Å². The molecule has 3 unspecified atom stereocenters. The summed E-state index contributed by atoms with van der Waals surface area (Å²) in [4.78, 5) is 0. The Labute approximate surface area is 130 Å². The second-order valence-electron chi connectivity index (χ2n) is 5.19. The molecule has 0 aliphatic heterocycles. The third-order valence-electron chi connectivity index (χ3n) is 3.25. The standard InChI is InChI=1S/C14H29.CH3.Y/c1-6-8-9-13(4)11-14(5)10-12(3)7-2;;/h12-14H,1,6-11H2,2-5H3;1H3;/q2*-1;. The molecule has 0 saturated heterocycles. The molecule has 0 bridgehead atoms. The van der Waals surface area contributed by atoms with Crippen molar-refractivity contribution in [2.45, 2.75) is 66.2 Å². The Bertz CT molecular complexity index is 123. The van der Waals surface area contributed by atoms with Crippen LogP contribution in [0.1, 0.15) is 66.2 Å². The summed E-state index contributed by atoms with van der Waals surface area (Å²) in [6.45, 7) is 13.4. The number of hydrogen-bond donors (Lipinski definition) is 0. The molecule has 97 valence electrons. The van der Waals surface area contributed by atoms with Gasteiger partial charge in [-0.2, -0.15) is 6.42 Å². The number of rotatable bonds is 8.